The lowest BCUT2D eigenvalue weighted by molar-refractivity contribution is 0.380. The van der Waals surface area contributed by atoms with Gasteiger partial charge in [-0.3, -0.25) is 9.80 Å². The molecule has 0 fully saturated rings. The number of nitriles is 4. The molecule has 15 rings (SSSR count). The second-order valence-corrected chi connectivity index (χ2v) is 22.8. The van der Waals surface area contributed by atoms with Gasteiger partial charge in [-0.05, 0) is 62.4 Å². The van der Waals surface area contributed by atoms with Gasteiger partial charge < -0.3 is 29.1 Å². The van der Waals surface area contributed by atoms with E-state index in [9.17, 15) is 65.0 Å². The fourth-order valence-corrected chi connectivity index (χ4v) is 11.3. The summed E-state index contributed by atoms with van der Waals surface area (Å²) in [6.45, 7) is 48.0. The maximum Gasteiger partial charge on any atom is 0.301 e. The van der Waals surface area contributed by atoms with Gasteiger partial charge in [-0.15, -0.1) is 29.9 Å². The predicted octanol–water partition coefficient (Wildman–Crippen LogP) is 19.2. The molecule has 0 atom stereocenters. The topological polar surface area (TPSA) is 295 Å². The zero-order valence-electron chi connectivity index (χ0n) is 56.7. The number of anilines is 18. The van der Waals surface area contributed by atoms with E-state index >= 15 is 26.3 Å². The highest BCUT2D eigenvalue weighted by Gasteiger charge is 2.50. The second kappa shape index (κ2) is 29.7. The molecular formula is C72H20F16N28. The van der Waals surface area contributed by atoms with Crippen molar-refractivity contribution >= 4 is 139 Å². The lowest BCUT2D eigenvalue weighted by Gasteiger charge is -2.33. The van der Waals surface area contributed by atoms with Gasteiger partial charge in [0, 0.05) is 0 Å². The first-order valence-electron chi connectivity index (χ1n) is 31.1. The molecule has 28 nitrogen and oxygen atoms in total. The Morgan fingerprint density at radius 3 is 0.716 bits per heavy atom. The molecule has 0 saturated carbocycles. The van der Waals surface area contributed by atoms with E-state index < -0.39 is 208 Å². The fraction of sp³-hybridized carbons (Fsp3) is 0.0278. The van der Waals surface area contributed by atoms with Crippen LogP contribution in [0.3, 0.4) is 0 Å². The van der Waals surface area contributed by atoms with E-state index in [4.69, 9.17) is 49.4 Å². The van der Waals surface area contributed by atoms with Crippen molar-refractivity contribution in [3.05, 3.63) is 281 Å². The molecule has 3 aliphatic rings. The van der Waals surface area contributed by atoms with Gasteiger partial charge in [0.1, 0.15) is 35.7 Å². The summed E-state index contributed by atoms with van der Waals surface area (Å²) in [6, 6.07) is 27.6. The van der Waals surface area contributed by atoms with Crippen molar-refractivity contribution in [2.24, 2.45) is 0 Å². The first-order chi connectivity index (χ1) is 55.6. The van der Waals surface area contributed by atoms with Crippen molar-refractivity contribution in [3.8, 4) is 24.3 Å². The Morgan fingerprint density at radius 1 is 0.250 bits per heavy atom. The van der Waals surface area contributed by atoms with Crippen LogP contribution in [0.2, 0.25) is 0 Å². The molecule has 0 spiro atoms. The van der Waals surface area contributed by atoms with Gasteiger partial charge in [0.15, 0.2) is 139 Å². The Bertz CT molecular complexity index is 6190. The van der Waals surface area contributed by atoms with Crippen molar-refractivity contribution in [1.82, 2.24) is 59.8 Å². The Hall–Kier alpha value is -17.6. The summed E-state index contributed by atoms with van der Waals surface area (Å²) >= 11 is 0. The van der Waals surface area contributed by atoms with E-state index in [1.54, 1.807) is 12.1 Å². The highest BCUT2D eigenvalue weighted by Crippen LogP contribution is 2.58. The van der Waals surface area contributed by atoms with Crippen LogP contribution in [0.5, 0.6) is 0 Å². The summed E-state index contributed by atoms with van der Waals surface area (Å²) in [7, 11) is 0. The van der Waals surface area contributed by atoms with Gasteiger partial charge in [-0.25, -0.2) is 120 Å². The van der Waals surface area contributed by atoms with Gasteiger partial charge in [0.25, 0.3) is 34.9 Å². The summed E-state index contributed by atoms with van der Waals surface area (Å²) < 4.78 is 232. The van der Waals surface area contributed by atoms with E-state index in [-0.39, 0.29) is 21.4 Å². The van der Waals surface area contributed by atoms with Gasteiger partial charge in [0.2, 0.25) is 11.6 Å². The largest absolute Gasteiger partial charge is 0.370 e. The average molecular weight is 1580 g/mol. The number of nitrogens with zero attached hydrogens (tertiary/aromatic N) is 28. The van der Waals surface area contributed by atoms with Crippen molar-refractivity contribution < 1.29 is 70.2 Å². The maximum absolute atomic E-state index is 15.2. The average Bonchev–Trinajstić information content (AvgIpc) is 0.702. The van der Waals surface area contributed by atoms with Crippen molar-refractivity contribution in [1.29, 1.82) is 21.0 Å². The van der Waals surface area contributed by atoms with E-state index in [0.717, 1.165) is 34.9 Å². The zero-order chi connectivity index (χ0) is 83.5. The highest BCUT2D eigenvalue weighted by molar-refractivity contribution is 6.01. The molecular weight excluding hydrogens is 1560 g/mol. The summed E-state index contributed by atoms with van der Waals surface area (Å²) in [5, 5.41) is 37.9. The minimum atomic E-state index is -2.65. The molecule has 6 aromatic carbocycles. The van der Waals surface area contributed by atoms with Crippen LogP contribution in [-0.2, 0) is 0 Å². The minimum Gasteiger partial charge on any atom is -0.370 e. The third-order valence-electron chi connectivity index (χ3n) is 16.4. The molecule has 44 heteroatoms. The monoisotopic (exact) mass is 1580 g/mol. The van der Waals surface area contributed by atoms with Gasteiger partial charge in [-0.2, -0.15) is 21.0 Å². The third kappa shape index (κ3) is 12.2. The number of para-hydroxylation sites is 2. The molecule has 0 bridgehead atoms. The fourth-order valence-electron chi connectivity index (χ4n) is 11.3. The standard InChI is InChI=1S/C24F10N10.C24H4F6N10.C24H16N8/c1-37-19-20(38-2)42-24-23(41-19)43(17-13(31)9(27)7(25)10(28)14(17)32)21-22(40-6(4-36)5(3-35)39-21)44(24)18-15(33)11(29)8(26)12(30)16(18)34;1-33-19-20(34-2)38-24-23(37-19)39(13-5-3-9(25)15(27)17(13)29)21-22(36-12(8-32)11(7-31)35-21)40(24)14-6-4-10(26)16(28)18(14)30;1-15-16(2)28-22-21(27-15)31(17-11-7-5-8-12-17)23-24(30-20(26-4)19(25-3)29-23)32(22)18-13-9-6-10-14-18/h;3-6H;5-14H,1-2H3. The second-order valence-electron chi connectivity index (χ2n) is 22.8. The number of aromatic nitrogens is 12. The summed E-state index contributed by atoms with van der Waals surface area (Å²) in [5.41, 5.74) is -5.70. The molecule has 0 N–H and O–H groups in total. The van der Waals surface area contributed by atoms with E-state index in [0.29, 0.717) is 45.2 Å². The van der Waals surface area contributed by atoms with Gasteiger partial charge >= 0.3 is 34.9 Å². The quantitative estimate of drug-likeness (QED) is 0.0646. The van der Waals surface area contributed by atoms with Crippen LogP contribution in [0.15, 0.2) is 84.9 Å². The van der Waals surface area contributed by atoms with Crippen LogP contribution in [-0.4, -0.2) is 59.8 Å². The first kappa shape index (κ1) is 76.6. The molecule has 0 aliphatic carbocycles. The third-order valence-corrected chi connectivity index (χ3v) is 16.4. The Balaban J connectivity index is 0.000000153. The lowest BCUT2D eigenvalue weighted by Crippen LogP contribution is -2.31. The van der Waals surface area contributed by atoms with Crippen molar-refractivity contribution in [2.75, 3.05) is 29.4 Å². The maximum atomic E-state index is 15.2. The van der Waals surface area contributed by atoms with Gasteiger partial charge in [-0.1, -0.05) is 75.8 Å². The number of halogens is 16. The normalized spacial score (nSPS) is 11.7. The summed E-state index contributed by atoms with van der Waals surface area (Å²) in [4.78, 5) is 72.4. The Kier molecular flexibility index (Phi) is 19.6. The highest BCUT2D eigenvalue weighted by atomic mass is 19.2. The Labute approximate surface area is 635 Å². The van der Waals surface area contributed by atoms with Crippen LogP contribution < -0.4 is 29.4 Å². The smallest absolute Gasteiger partial charge is 0.301 e. The van der Waals surface area contributed by atoms with Crippen molar-refractivity contribution in [2.45, 2.75) is 13.8 Å². The van der Waals surface area contributed by atoms with Gasteiger partial charge in [0.05, 0.1) is 34.1 Å². The molecule has 9 heterocycles. The number of benzene rings is 6. The number of aryl methyl sites for hydroxylation is 2. The SMILES string of the molecule is [C-]#[N+]c1nc2c(nc1[N+]#[C-])N(c1c(F)c(F)c(F)c(F)c1F)c1nc(C#N)c(C#N)nc1N2c1c(F)c(F)c(F)c(F)c1F.[C-]#[N+]c1nc2c(nc1[N+]#[C-])N(c1ccc(F)c(F)c1F)c1nc(C#N)c(C#N)nc1N2c1ccc(F)c(F)c1F.[C-]#[N+]c1nc2c(nc1[N+]#[C-])N(c1ccccc1)c1nc(C)c(C)nc1N2c1ccccc1. The summed E-state index contributed by atoms with van der Waals surface area (Å²) in [5.74, 6) is -46.0. The van der Waals surface area contributed by atoms with Crippen LogP contribution in [0.1, 0.15) is 34.2 Å². The van der Waals surface area contributed by atoms with Crippen LogP contribution in [0.4, 0.5) is 209 Å². The van der Waals surface area contributed by atoms with E-state index in [2.05, 4.69) is 78.9 Å². The van der Waals surface area contributed by atoms with E-state index in [1.807, 2.05) is 84.3 Å². The Morgan fingerprint density at radius 2 is 0.466 bits per heavy atom. The molecule has 560 valence electrons. The number of hydrogen-bond donors (Lipinski definition) is 0. The molecule has 0 saturated heterocycles. The molecule has 0 amide bonds. The molecule has 12 aromatic rings. The molecule has 6 aromatic heterocycles. The minimum absolute atomic E-state index is 0.0482. The van der Waals surface area contributed by atoms with Crippen LogP contribution in [0, 0.1) is 192 Å². The van der Waals surface area contributed by atoms with E-state index in [1.165, 1.54) is 12.1 Å². The first-order valence-corrected chi connectivity index (χ1v) is 31.1. The molecule has 116 heavy (non-hydrogen) atoms. The molecule has 3 aliphatic heterocycles. The lowest BCUT2D eigenvalue weighted by atomic mass is 10.1. The van der Waals surface area contributed by atoms with Crippen molar-refractivity contribution in [3.63, 3.8) is 0 Å². The number of hydrogen-bond acceptors (Lipinski definition) is 22. The predicted molar refractivity (Wildman–Crippen MR) is 367 cm³/mol. The zero-order valence-corrected chi connectivity index (χ0v) is 56.7. The van der Waals surface area contributed by atoms with Crippen LogP contribution >= 0.6 is 0 Å². The molecule has 0 radical (unpaired) electrons. The molecule has 0 unspecified atom stereocenters. The van der Waals surface area contributed by atoms with Crippen LogP contribution in [0.25, 0.3) is 29.1 Å². The number of fused-ring (bicyclic) bond motifs is 6. The number of rotatable bonds is 6. The summed E-state index contributed by atoms with van der Waals surface area (Å²) in [6.07, 6.45) is 0.